The predicted octanol–water partition coefficient (Wildman–Crippen LogP) is 3.68. The van der Waals surface area contributed by atoms with Crippen molar-refractivity contribution in [2.75, 3.05) is 18.1 Å². The molecule has 1 aliphatic rings. The Bertz CT molecular complexity index is 436. The summed E-state index contributed by atoms with van der Waals surface area (Å²) in [4.78, 5) is 4.65. The monoisotopic (exact) mass is 329 g/mol. The van der Waals surface area contributed by atoms with E-state index in [1.165, 1.54) is 11.5 Å². The van der Waals surface area contributed by atoms with Gasteiger partial charge in [0.1, 0.15) is 0 Å². The molecule has 1 aromatic heterocycles. The molecule has 0 aliphatic carbocycles. The smallest absolute Gasteiger partial charge is 0.226 e. The third-order valence-electron chi connectivity index (χ3n) is 4.03. The van der Waals surface area contributed by atoms with E-state index >= 15 is 0 Å². The first-order valence-corrected chi connectivity index (χ1v) is 9.91. The Balaban J connectivity index is 1.94. The summed E-state index contributed by atoms with van der Waals surface area (Å²) in [5, 5.41) is 5.25. The van der Waals surface area contributed by atoms with Crippen LogP contribution in [0.5, 0.6) is 0 Å². The van der Waals surface area contributed by atoms with Gasteiger partial charge in [0.15, 0.2) is 5.82 Å². The van der Waals surface area contributed by atoms with E-state index in [0.29, 0.717) is 10.5 Å². The van der Waals surface area contributed by atoms with E-state index < -0.39 is 0 Å². The van der Waals surface area contributed by atoms with Gasteiger partial charge < -0.3 is 10.3 Å². The average molecular weight is 330 g/mol. The van der Waals surface area contributed by atoms with Crippen LogP contribution in [0.3, 0.4) is 0 Å². The number of nitrogens with zero attached hydrogens (tertiary/aromatic N) is 2. The van der Waals surface area contributed by atoms with Gasteiger partial charge in [-0.25, -0.2) is 0 Å². The molecule has 2 atom stereocenters. The normalized spacial score (nSPS) is 23.4. The molecule has 1 aromatic rings. The van der Waals surface area contributed by atoms with Crippen molar-refractivity contribution in [3.63, 3.8) is 0 Å². The maximum atomic E-state index is 5.66. The molecule has 6 heteroatoms. The number of aryl methyl sites for hydroxylation is 1. The summed E-state index contributed by atoms with van der Waals surface area (Å²) in [7, 11) is 0. The van der Waals surface area contributed by atoms with Crippen molar-refractivity contribution in [3.05, 3.63) is 11.7 Å². The van der Waals surface area contributed by atoms with Crippen LogP contribution in [0.4, 0.5) is 0 Å². The van der Waals surface area contributed by atoms with Crippen LogP contribution >= 0.6 is 23.5 Å². The topological polar surface area (TPSA) is 64.9 Å². The molecule has 0 radical (unpaired) electrons. The Kier molecular flexibility index (Phi) is 6.44. The van der Waals surface area contributed by atoms with Crippen molar-refractivity contribution in [2.45, 2.75) is 57.0 Å². The van der Waals surface area contributed by atoms with Crippen LogP contribution in [0.15, 0.2) is 4.52 Å². The molecule has 120 valence electrons. The molecule has 21 heavy (non-hydrogen) atoms. The predicted molar refractivity (Wildman–Crippen MR) is 91.8 cm³/mol. The Morgan fingerprint density at radius 2 is 2.05 bits per heavy atom. The van der Waals surface area contributed by atoms with Crippen molar-refractivity contribution in [2.24, 2.45) is 11.1 Å². The molecule has 1 saturated heterocycles. The average Bonchev–Trinajstić information content (AvgIpc) is 2.94. The van der Waals surface area contributed by atoms with Crippen LogP contribution in [-0.4, -0.2) is 33.4 Å². The number of hydrogen-bond acceptors (Lipinski definition) is 6. The van der Waals surface area contributed by atoms with Crippen molar-refractivity contribution in [1.29, 1.82) is 0 Å². The van der Waals surface area contributed by atoms with E-state index in [9.17, 15) is 0 Å². The van der Waals surface area contributed by atoms with Crippen LogP contribution in [0.1, 0.15) is 57.0 Å². The zero-order chi connectivity index (χ0) is 15.3. The fraction of sp³-hybridized carbons (Fsp3) is 0.867. The van der Waals surface area contributed by atoms with Crippen LogP contribution in [0, 0.1) is 5.41 Å². The number of nitrogens with two attached hydrogens (primary N) is 1. The maximum Gasteiger partial charge on any atom is 0.226 e. The molecular formula is C15H27N3OS2. The standard InChI is InChI=1S/C15H27N3OS2/c1-4-11-13(21-10-9-20-11)14-17-12(19-18-14)5-6-15(2,3)7-8-16/h11,13H,4-10,16H2,1-3H3. The van der Waals surface area contributed by atoms with Gasteiger partial charge in [-0.3, -0.25) is 0 Å². The Labute approximate surface area is 136 Å². The zero-order valence-electron chi connectivity index (χ0n) is 13.3. The van der Waals surface area contributed by atoms with Gasteiger partial charge in [-0.1, -0.05) is 25.9 Å². The minimum absolute atomic E-state index is 0.241. The molecule has 4 nitrogen and oxygen atoms in total. The molecule has 1 aliphatic heterocycles. The zero-order valence-corrected chi connectivity index (χ0v) is 14.9. The number of aromatic nitrogens is 2. The highest BCUT2D eigenvalue weighted by atomic mass is 32.2. The molecule has 2 heterocycles. The van der Waals surface area contributed by atoms with Gasteiger partial charge in [-0.15, -0.1) is 11.8 Å². The van der Waals surface area contributed by atoms with Crippen molar-refractivity contribution >= 4 is 23.5 Å². The van der Waals surface area contributed by atoms with Crippen LogP contribution in [0.2, 0.25) is 0 Å². The lowest BCUT2D eigenvalue weighted by Gasteiger charge is -2.27. The second-order valence-corrected chi connectivity index (χ2v) is 8.95. The van der Waals surface area contributed by atoms with Gasteiger partial charge >= 0.3 is 0 Å². The Morgan fingerprint density at radius 1 is 1.29 bits per heavy atom. The first-order valence-electron chi connectivity index (χ1n) is 7.81. The minimum Gasteiger partial charge on any atom is -0.339 e. The molecule has 2 unspecified atom stereocenters. The quantitative estimate of drug-likeness (QED) is 0.823. The Hall–Kier alpha value is -0.200. The molecule has 0 amide bonds. The summed E-state index contributed by atoms with van der Waals surface area (Å²) in [6, 6.07) is 0. The second-order valence-electron chi connectivity index (χ2n) is 6.36. The molecule has 0 saturated carbocycles. The van der Waals surface area contributed by atoms with E-state index in [1.807, 2.05) is 23.5 Å². The van der Waals surface area contributed by atoms with Crippen molar-refractivity contribution in [3.8, 4) is 0 Å². The number of hydrogen-bond donors (Lipinski definition) is 1. The molecular weight excluding hydrogens is 302 g/mol. The van der Waals surface area contributed by atoms with E-state index in [4.69, 9.17) is 10.3 Å². The molecule has 2 N–H and O–H groups in total. The number of rotatable bonds is 7. The minimum atomic E-state index is 0.241. The first-order chi connectivity index (χ1) is 10.1. The van der Waals surface area contributed by atoms with Crippen molar-refractivity contribution in [1.82, 2.24) is 10.1 Å². The summed E-state index contributed by atoms with van der Waals surface area (Å²) in [5.74, 6) is 4.09. The van der Waals surface area contributed by atoms with Crippen LogP contribution in [-0.2, 0) is 6.42 Å². The lowest BCUT2D eigenvalue weighted by atomic mass is 9.84. The van der Waals surface area contributed by atoms with Crippen LogP contribution in [0.25, 0.3) is 0 Å². The number of thioether (sulfide) groups is 2. The van der Waals surface area contributed by atoms with E-state index in [2.05, 4.69) is 30.9 Å². The van der Waals surface area contributed by atoms with Gasteiger partial charge in [0.2, 0.25) is 5.89 Å². The third-order valence-corrected chi connectivity index (χ3v) is 7.27. The molecule has 0 bridgehead atoms. The summed E-state index contributed by atoms with van der Waals surface area (Å²) >= 11 is 4.01. The van der Waals surface area contributed by atoms with Gasteiger partial charge in [-0.2, -0.15) is 16.7 Å². The van der Waals surface area contributed by atoms with Gasteiger partial charge in [0, 0.05) is 23.2 Å². The first kappa shape index (κ1) is 17.2. The van der Waals surface area contributed by atoms with Crippen molar-refractivity contribution < 1.29 is 4.52 Å². The molecule has 1 fully saturated rings. The van der Waals surface area contributed by atoms with Gasteiger partial charge in [0.25, 0.3) is 0 Å². The largest absolute Gasteiger partial charge is 0.339 e. The fourth-order valence-corrected chi connectivity index (χ4v) is 5.57. The lowest BCUT2D eigenvalue weighted by molar-refractivity contribution is 0.288. The summed E-state index contributed by atoms with van der Waals surface area (Å²) < 4.78 is 5.47. The van der Waals surface area contributed by atoms with Crippen LogP contribution < -0.4 is 5.73 Å². The van der Waals surface area contributed by atoms with Gasteiger partial charge in [-0.05, 0) is 31.2 Å². The van der Waals surface area contributed by atoms with E-state index in [0.717, 1.165) is 43.9 Å². The maximum absolute atomic E-state index is 5.66. The molecule has 2 rings (SSSR count). The highest BCUT2D eigenvalue weighted by Crippen LogP contribution is 2.42. The summed E-state index contributed by atoms with van der Waals surface area (Å²) in [6.07, 6.45) is 4.08. The van der Waals surface area contributed by atoms with Gasteiger partial charge in [0.05, 0.1) is 5.25 Å². The third kappa shape index (κ3) is 4.89. The van der Waals surface area contributed by atoms with E-state index in [-0.39, 0.29) is 5.41 Å². The molecule has 0 spiro atoms. The second kappa shape index (κ2) is 7.88. The SMILES string of the molecule is CCC1SCCSC1c1noc(CCC(C)(C)CCN)n1. The highest BCUT2D eigenvalue weighted by molar-refractivity contribution is 8.06. The lowest BCUT2D eigenvalue weighted by Crippen LogP contribution is -2.19. The fourth-order valence-electron chi connectivity index (χ4n) is 2.59. The Morgan fingerprint density at radius 3 is 2.76 bits per heavy atom. The summed E-state index contributed by atoms with van der Waals surface area (Å²) in [5.41, 5.74) is 5.90. The summed E-state index contributed by atoms with van der Waals surface area (Å²) in [6.45, 7) is 7.47. The molecule has 0 aromatic carbocycles. The highest BCUT2D eigenvalue weighted by Gasteiger charge is 2.30. The van der Waals surface area contributed by atoms with E-state index in [1.54, 1.807) is 0 Å².